The molecule has 1 N–H and O–H groups in total. The molecule has 2 aromatic heterocycles. The van der Waals surface area contributed by atoms with E-state index in [1.54, 1.807) is 6.33 Å². The fourth-order valence-corrected chi connectivity index (χ4v) is 2.35. The van der Waals surface area contributed by atoms with E-state index in [0.717, 1.165) is 23.2 Å². The number of rotatable bonds is 4. The summed E-state index contributed by atoms with van der Waals surface area (Å²) in [6.07, 6.45) is 3.73. The number of nitrogens with zero attached hydrogens (tertiary/aromatic N) is 5. The van der Waals surface area contributed by atoms with Gasteiger partial charge in [-0.25, -0.2) is 4.98 Å². The summed E-state index contributed by atoms with van der Waals surface area (Å²) in [6.45, 7) is 4.07. The predicted molar refractivity (Wildman–Crippen MR) is 81.5 cm³/mol. The van der Waals surface area contributed by atoms with E-state index in [1.165, 1.54) is 0 Å². The molecule has 3 rings (SSSR count). The van der Waals surface area contributed by atoms with Gasteiger partial charge in [0.2, 0.25) is 5.95 Å². The standard InChI is InChI=1S/C15H18N6/c1-11-9-21(12(2)14-19-16-10-20(14)3)15(17-11)18-13-7-5-4-6-8-13/h4-10,12H,1-3H3,(H,17,18). The fraction of sp³-hybridized carbons (Fsp3) is 0.267. The number of aromatic nitrogens is 5. The molecule has 0 saturated carbocycles. The lowest BCUT2D eigenvalue weighted by Gasteiger charge is -2.16. The van der Waals surface area contributed by atoms with Crippen LogP contribution in [-0.2, 0) is 7.05 Å². The molecule has 108 valence electrons. The van der Waals surface area contributed by atoms with Gasteiger partial charge in [0.25, 0.3) is 0 Å². The van der Waals surface area contributed by atoms with Crippen molar-refractivity contribution in [2.45, 2.75) is 19.9 Å². The van der Waals surface area contributed by atoms with Crippen LogP contribution in [0.1, 0.15) is 24.5 Å². The van der Waals surface area contributed by atoms with Gasteiger partial charge in [-0.15, -0.1) is 10.2 Å². The van der Waals surface area contributed by atoms with Crippen LogP contribution in [0.2, 0.25) is 0 Å². The Kier molecular flexibility index (Phi) is 3.43. The summed E-state index contributed by atoms with van der Waals surface area (Å²) < 4.78 is 4.00. The Bertz CT molecular complexity index is 728. The number of para-hydroxylation sites is 1. The molecule has 0 amide bonds. The normalized spacial score (nSPS) is 12.3. The number of hydrogen-bond acceptors (Lipinski definition) is 4. The first kappa shape index (κ1) is 13.4. The van der Waals surface area contributed by atoms with Crippen molar-refractivity contribution in [1.29, 1.82) is 0 Å². The molecule has 1 atom stereocenters. The zero-order valence-electron chi connectivity index (χ0n) is 12.4. The molecular formula is C15H18N6. The predicted octanol–water partition coefficient (Wildman–Crippen LogP) is 2.67. The highest BCUT2D eigenvalue weighted by Crippen LogP contribution is 2.23. The van der Waals surface area contributed by atoms with Gasteiger partial charge >= 0.3 is 0 Å². The average molecular weight is 282 g/mol. The molecule has 21 heavy (non-hydrogen) atoms. The van der Waals surface area contributed by atoms with E-state index in [1.807, 2.05) is 55.1 Å². The van der Waals surface area contributed by atoms with E-state index in [0.29, 0.717) is 0 Å². The number of aryl methyl sites for hydroxylation is 2. The zero-order chi connectivity index (χ0) is 14.8. The fourth-order valence-electron chi connectivity index (χ4n) is 2.35. The second kappa shape index (κ2) is 5.40. The summed E-state index contributed by atoms with van der Waals surface area (Å²) >= 11 is 0. The molecule has 0 aliphatic carbocycles. The molecule has 6 nitrogen and oxygen atoms in total. The maximum absolute atomic E-state index is 4.56. The van der Waals surface area contributed by atoms with Crippen molar-refractivity contribution in [3.63, 3.8) is 0 Å². The summed E-state index contributed by atoms with van der Waals surface area (Å²) in [5.41, 5.74) is 1.97. The van der Waals surface area contributed by atoms with Gasteiger partial charge in [-0.05, 0) is 26.0 Å². The Morgan fingerprint density at radius 2 is 1.95 bits per heavy atom. The maximum Gasteiger partial charge on any atom is 0.208 e. The van der Waals surface area contributed by atoms with Crippen molar-refractivity contribution in [2.75, 3.05) is 5.32 Å². The molecule has 0 radical (unpaired) electrons. The van der Waals surface area contributed by atoms with Gasteiger partial charge in [-0.2, -0.15) is 0 Å². The van der Waals surface area contributed by atoms with E-state index in [4.69, 9.17) is 0 Å². The average Bonchev–Trinajstić information content (AvgIpc) is 3.05. The highest BCUT2D eigenvalue weighted by molar-refractivity contribution is 5.53. The first-order chi connectivity index (χ1) is 10.1. The Hall–Kier alpha value is -2.63. The van der Waals surface area contributed by atoms with Gasteiger partial charge < -0.3 is 14.5 Å². The third-order valence-corrected chi connectivity index (χ3v) is 3.42. The van der Waals surface area contributed by atoms with Crippen LogP contribution in [0.5, 0.6) is 0 Å². The Morgan fingerprint density at radius 1 is 1.19 bits per heavy atom. The molecular weight excluding hydrogens is 264 g/mol. The Morgan fingerprint density at radius 3 is 2.62 bits per heavy atom. The Balaban J connectivity index is 1.94. The van der Waals surface area contributed by atoms with Crippen molar-refractivity contribution >= 4 is 11.6 Å². The summed E-state index contributed by atoms with van der Waals surface area (Å²) in [4.78, 5) is 4.56. The minimum absolute atomic E-state index is 0.0462. The molecule has 1 unspecified atom stereocenters. The van der Waals surface area contributed by atoms with Gasteiger partial charge in [0.05, 0.1) is 11.7 Å². The number of imidazole rings is 1. The molecule has 0 spiro atoms. The van der Waals surface area contributed by atoms with E-state index in [9.17, 15) is 0 Å². The molecule has 0 bridgehead atoms. The SMILES string of the molecule is Cc1cn(C(C)c2nncn2C)c(Nc2ccccc2)n1. The van der Waals surface area contributed by atoms with Crippen LogP contribution < -0.4 is 5.32 Å². The van der Waals surface area contributed by atoms with Crippen molar-refractivity contribution in [2.24, 2.45) is 7.05 Å². The highest BCUT2D eigenvalue weighted by Gasteiger charge is 2.17. The number of benzene rings is 1. The second-order valence-corrected chi connectivity index (χ2v) is 5.08. The summed E-state index contributed by atoms with van der Waals surface area (Å²) in [6, 6.07) is 10.1. The topological polar surface area (TPSA) is 60.6 Å². The Labute approximate surface area is 123 Å². The lowest BCUT2D eigenvalue weighted by molar-refractivity contribution is 0.579. The number of nitrogens with one attached hydrogen (secondary N) is 1. The van der Waals surface area contributed by atoms with Gasteiger partial charge in [-0.1, -0.05) is 18.2 Å². The molecule has 2 heterocycles. The minimum atomic E-state index is 0.0462. The third-order valence-electron chi connectivity index (χ3n) is 3.42. The van der Waals surface area contributed by atoms with Gasteiger partial charge in [0, 0.05) is 18.9 Å². The van der Waals surface area contributed by atoms with Crippen molar-refractivity contribution in [3.8, 4) is 0 Å². The van der Waals surface area contributed by atoms with Crippen LogP contribution in [-0.4, -0.2) is 24.3 Å². The van der Waals surface area contributed by atoms with E-state index < -0.39 is 0 Å². The maximum atomic E-state index is 4.56. The minimum Gasteiger partial charge on any atom is -0.326 e. The lowest BCUT2D eigenvalue weighted by atomic mass is 10.3. The second-order valence-electron chi connectivity index (χ2n) is 5.08. The van der Waals surface area contributed by atoms with Crippen LogP contribution >= 0.6 is 0 Å². The summed E-state index contributed by atoms with van der Waals surface area (Å²) in [5, 5.41) is 11.5. The van der Waals surface area contributed by atoms with Crippen LogP contribution in [0.3, 0.4) is 0 Å². The van der Waals surface area contributed by atoms with Crippen LogP contribution in [0.4, 0.5) is 11.6 Å². The molecule has 0 aliphatic rings. The molecule has 0 aliphatic heterocycles. The van der Waals surface area contributed by atoms with Gasteiger partial charge in [0.1, 0.15) is 6.33 Å². The molecule has 0 saturated heterocycles. The summed E-state index contributed by atoms with van der Waals surface area (Å²) in [7, 11) is 1.94. The lowest BCUT2D eigenvalue weighted by Crippen LogP contribution is -2.13. The smallest absolute Gasteiger partial charge is 0.208 e. The van der Waals surface area contributed by atoms with E-state index in [2.05, 4.69) is 32.0 Å². The van der Waals surface area contributed by atoms with Crippen molar-refractivity contribution < 1.29 is 0 Å². The largest absolute Gasteiger partial charge is 0.326 e. The monoisotopic (exact) mass is 282 g/mol. The van der Waals surface area contributed by atoms with E-state index in [-0.39, 0.29) is 6.04 Å². The molecule has 6 heteroatoms. The van der Waals surface area contributed by atoms with Gasteiger partial charge in [-0.3, -0.25) is 0 Å². The van der Waals surface area contributed by atoms with Crippen LogP contribution in [0.15, 0.2) is 42.9 Å². The number of anilines is 2. The zero-order valence-corrected chi connectivity index (χ0v) is 12.4. The van der Waals surface area contributed by atoms with Crippen LogP contribution in [0.25, 0.3) is 0 Å². The first-order valence-corrected chi connectivity index (χ1v) is 6.86. The van der Waals surface area contributed by atoms with Crippen LogP contribution in [0, 0.1) is 6.92 Å². The van der Waals surface area contributed by atoms with E-state index >= 15 is 0 Å². The highest BCUT2D eigenvalue weighted by atomic mass is 15.3. The number of hydrogen-bond donors (Lipinski definition) is 1. The third kappa shape index (κ3) is 2.65. The molecule has 1 aromatic carbocycles. The first-order valence-electron chi connectivity index (χ1n) is 6.86. The molecule has 0 fully saturated rings. The van der Waals surface area contributed by atoms with Crippen molar-refractivity contribution in [1.82, 2.24) is 24.3 Å². The van der Waals surface area contributed by atoms with Crippen molar-refractivity contribution in [3.05, 3.63) is 54.4 Å². The summed E-state index contributed by atoms with van der Waals surface area (Å²) in [5.74, 6) is 1.69. The van der Waals surface area contributed by atoms with Gasteiger partial charge in [0.15, 0.2) is 5.82 Å². The quantitative estimate of drug-likeness (QED) is 0.799. The molecule has 3 aromatic rings.